The van der Waals surface area contributed by atoms with E-state index >= 15 is 0 Å². The van der Waals surface area contributed by atoms with E-state index in [-0.39, 0.29) is 20.1 Å². The molecule has 4 heterocycles. The molecule has 0 atom stereocenters. The van der Waals surface area contributed by atoms with Gasteiger partial charge in [0.1, 0.15) is 0 Å². The van der Waals surface area contributed by atoms with Gasteiger partial charge in [-0.3, -0.25) is 0 Å². The van der Waals surface area contributed by atoms with Crippen molar-refractivity contribution in [2.24, 2.45) is 0 Å². The van der Waals surface area contributed by atoms with Crippen LogP contribution in [0.3, 0.4) is 0 Å². The second kappa shape index (κ2) is 6.59. The van der Waals surface area contributed by atoms with E-state index < -0.39 is 0 Å². The molecule has 0 radical (unpaired) electrons. The van der Waals surface area contributed by atoms with Crippen LogP contribution in [-0.4, -0.2) is 53.5 Å². The number of fused-ring (bicyclic) bond motifs is 2. The molecule has 3 aromatic heterocycles. The normalized spacial score (nSPS) is 18.8. The Morgan fingerprint density at radius 1 is 1.07 bits per heavy atom. The zero-order chi connectivity index (χ0) is 19.5. The minimum absolute atomic E-state index is 0.160. The molecule has 6 rings (SSSR count). The number of likely N-dealkylation sites (tertiary alicyclic amines) is 1. The summed E-state index contributed by atoms with van der Waals surface area (Å²) in [5, 5.41) is 0. The number of piperidine rings is 1. The van der Waals surface area contributed by atoms with E-state index in [0.29, 0.717) is 23.0 Å². The van der Waals surface area contributed by atoms with Crippen LogP contribution in [0.2, 0.25) is 0 Å². The summed E-state index contributed by atoms with van der Waals surface area (Å²) in [6.07, 6.45) is 5.20. The van der Waals surface area contributed by atoms with Crippen LogP contribution >= 0.6 is 0 Å². The average molecular weight is 452 g/mol. The molecule has 4 N–H and O–H groups in total. The van der Waals surface area contributed by atoms with E-state index in [0.717, 1.165) is 26.9 Å². The van der Waals surface area contributed by atoms with Gasteiger partial charge in [0, 0.05) is 6.04 Å². The number of aromatic amines is 2. The van der Waals surface area contributed by atoms with Gasteiger partial charge in [-0.1, -0.05) is 0 Å². The van der Waals surface area contributed by atoms with Gasteiger partial charge in [0.2, 0.25) is 0 Å². The number of nitrogens with one attached hydrogen (secondary N) is 2. The number of hydrogen-bond donors (Lipinski definition) is 3. The van der Waals surface area contributed by atoms with Crippen LogP contribution in [0.25, 0.3) is 32.2 Å². The summed E-state index contributed by atoms with van der Waals surface area (Å²) in [7, 11) is 0. The zero-order valence-electron chi connectivity index (χ0n) is 16.1. The first-order valence-electron chi connectivity index (χ1n) is 10.3. The van der Waals surface area contributed by atoms with Crippen LogP contribution in [0.15, 0.2) is 34.0 Å². The average Bonchev–Trinajstić information content (AvgIpc) is 3.32. The number of aromatic nitrogens is 3. The summed E-state index contributed by atoms with van der Waals surface area (Å²) in [6.45, 7) is 2.41. The Morgan fingerprint density at radius 2 is 1.90 bits per heavy atom. The molecule has 0 amide bonds. The van der Waals surface area contributed by atoms with Crippen LogP contribution in [-0.2, 0) is 0 Å². The Bertz CT molecular complexity index is 1270. The minimum atomic E-state index is -0.185. The van der Waals surface area contributed by atoms with Gasteiger partial charge in [0.25, 0.3) is 0 Å². The fraction of sp³-hybridized carbons (Fsp3) is 0.364. The Hall–Kier alpha value is -2.34. The first-order valence-corrected chi connectivity index (χ1v) is 12.1. The molecule has 2 fully saturated rings. The number of imidazole rings is 1. The first-order chi connectivity index (χ1) is 14.2. The van der Waals surface area contributed by atoms with Crippen LogP contribution in [0.1, 0.15) is 37.2 Å². The maximum atomic E-state index is 12.7. The van der Waals surface area contributed by atoms with Crippen molar-refractivity contribution in [3.63, 3.8) is 0 Å². The quantitative estimate of drug-likeness (QED) is 0.417. The summed E-state index contributed by atoms with van der Waals surface area (Å²) in [5.41, 5.74) is 11.3. The molecule has 1 saturated heterocycles. The number of nitrogens with zero attached hydrogens (tertiary/aromatic N) is 2. The summed E-state index contributed by atoms with van der Waals surface area (Å²) in [6, 6.07) is 9.29. The molecular weight excluding hydrogens is 429 g/mol. The number of rotatable bonds is 3. The number of benzene rings is 1. The molecule has 0 bridgehead atoms. The van der Waals surface area contributed by atoms with Crippen molar-refractivity contribution in [1.29, 1.82) is 0 Å². The van der Waals surface area contributed by atoms with E-state index in [4.69, 9.17) is 5.73 Å². The second-order valence-electron chi connectivity index (χ2n) is 8.31. The molecule has 1 aliphatic carbocycles. The van der Waals surface area contributed by atoms with Crippen molar-refractivity contribution in [2.75, 3.05) is 18.8 Å². The molecule has 6 nitrogen and oxygen atoms in total. The third-order valence-corrected chi connectivity index (χ3v) is 8.45. The molecule has 1 saturated carbocycles. The second-order valence-corrected chi connectivity index (χ2v) is 10.2. The maximum absolute atomic E-state index is 12.7. The Kier molecular flexibility index (Phi) is 3.98. The fourth-order valence-electron chi connectivity index (χ4n) is 4.71. The van der Waals surface area contributed by atoms with Gasteiger partial charge in [-0.05, 0) is 12.8 Å². The van der Waals surface area contributed by atoms with E-state index in [1.54, 1.807) is 0 Å². The number of anilines is 1. The van der Waals surface area contributed by atoms with Crippen molar-refractivity contribution >= 4 is 41.0 Å². The van der Waals surface area contributed by atoms with Gasteiger partial charge in [-0.25, -0.2) is 0 Å². The van der Waals surface area contributed by atoms with Gasteiger partial charge < -0.3 is 0 Å². The molecule has 2 aliphatic rings. The standard InChI is InChI=1S/C22H23N5OSe/c23-19-18(22(28)26-16-7-10-29-20(16)19)21-24-15-4-1-13(11-17(15)25-21)12-5-8-27(9-6-12)14-2-3-14/h1,4,7,10-12,14H,2-3,5-6,8-9H2,(H,24,25)(H3,23,26,28). The summed E-state index contributed by atoms with van der Waals surface area (Å²) >= 11 is 0.160. The topological polar surface area (TPSA) is 90.8 Å². The summed E-state index contributed by atoms with van der Waals surface area (Å²) in [5.74, 6) is 1.16. The predicted molar refractivity (Wildman–Crippen MR) is 118 cm³/mol. The molecule has 4 aromatic rings. The van der Waals surface area contributed by atoms with Crippen molar-refractivity contribution in [2.45, 2.75) is 37.6 Å². The van der Waals surface area contributed by atoms with Crippen LogP contribution in [0, 0.1) is 0 Å². The van der Waals surface area contributed by atoms with Crippen molar-refractivity contribution in [3.05, 3.63) is 45.1 Å². The summed E-state index contributed by atoms with van der Waals surface area (Å²) < 4.78 is 1.04. The Labute approximate surface area is 173 Å². The van der Waals surface area contributed by atoms with Gasteiger partial charge in [0.05, 0.1) is 0 Å². The van der Waals surface area contributed by atoms with E-state index in [1.165, 1.54) is 44.3 Å². The number of hydrogen-bond acceptors (Lipinski definition) is 4. The predicted octanol–water partition coefficient (Wildman–Crippen LogP) is 3.05. The molecule has 7 heteroatoms. The zero-order valence-corrected chi connectivity index (χ0v) is 17.8. The molecule has 1 aliphatic heterocycles. The van der Waals surface area contributed by atoms with Crippen molar-refractivity contribution < 1.29 is 0 Å². The monoisotopic (exact) mass is 453 g/mol. The van der Waals surface area contributed by atoms with Gasteiger partial charge in [0.15, 0.2) is 0 Å². The van der Waals surface area contributed by atoms with Crippen molar-refractivity contribution in [1.82, 2.24) is 19.9 Å². The number of nitrogens with two attached hydrogens (primary N) is 1. The summed E-state index contributed by atoms with van der Waals surface area (Å²) in [4.78, 5) is 28.4. The van der Waals surface area contributed by atoms with Gasteiger partial charge in [-0.2, -0.15) is 0 Å². The third kappa shape index (κ3) is 2.96. The fourth-order valence-corrected chi connectivity index (χ4v) is 6.42. The third-order valence-electron chi connectivity index (χ3n) is 6.46. The molecule has 29 heavy (non-hydrogen) atoms. The van der Waals surface area contributed by atoms with Gasteiger partial charge >= 0.3 is 155 Å². The van der Waals surface area contributed by atoms with E-state index in [2.05, 4.69) is 43.0 Å². The Morgan fingerprint density at radius 3 is 2.69 bits per heavy atom. The number of H-pyrrole nitrogens is 2. The molecule has 1 aromatic carbocycles. The van der Waals surface area contributed by atoms with E-state index in [9.17, 15) is 4.79 Å². The first kappa shape index (κ1) is 17.5. The van der Waals surface area contributed by atoms with Crippen LogP contribution in [0.5, 0.6) is 0 Å². The van der Waals surface area contributed by atoms with Crippen molar-refractivity contribution in [3.8, 4) is 11.4 Å². The molecule has 0 unspecified atom stereocenters. The van der Waals surface area contributed by atoms with E-state index in [1.807, 2.05) is 6.07 Å². The molecule has 0 spiro atoms. The molecular formula is C22H23N5OSe. The number of pyridine rings is 1. The van der Waals surface area contributed by atoms with Gasteiger partial charge in [-0.15, -0.1) is 0 Å². The van der Waals surface area contributed by atoms with Crippen LogP contribution in [0.4, 0.5) is 5.69 Å². The van der Waals surface area contributed by atoms with Crippen LogP contribution < -0.4 is 11.3 Å². The SMILES string of the molecule is Nc1c(-c2nc3ccc(C4CCN(C5CC5)CC4)cc3[nH]2)c(=O)[nH]c2cc[se]c12. The number of nitrogen functional groups attached to an aromatic ring is 1. The Balaban J connectivity index is 1.35. The molecule has 148 valence electrons.